The number of benzene rings is 1. The fraction of sp³-hybridized carbons (Fsp3) is 0.421. The van der Waals surface area contributed by atoms with E-state index in [1.165, 1.54) is 17.8 Å². The molecule has 0 aliphatic heterocycles. The van der Waals surface area contributed by atoms with Crippen molar-refractivity contribution in [3.63, 3.8) is 0 Å². The second-order valence-electron chi connectivity index (χ2n) is 6.02. The van der Waals surface area contributed by atoms with Crippen LogP contribution in [0.3, 0.4) is 0 Å². The number of thioether (sulfide) groups is 1. The molecule has 0 radical (unpaired) electrons. The maximum Gasteiger partial charge on any atom is 0.251 e. The summed E-state index contributed by atoms with van der Waals surface area (Å²) in [6.45, 7) is 2.47. The molecular weight excluding hydrogens is 366 g/mol. The number of ether oxygens (including phenoxy) is 2. The first kappa shape index (κ1) is 20.8. The maximum absolute atomic E-state index is 12.4. The Morgan fingerprint density at radius 3 is 2.63 bits per heavy atom. The number of hydrogen-bond acceptors (Lipinski definition) is 6. The summed E-state index contributed by atoms with van der Waals surface area (Å²) < 4.78 is 10.5. The van der Waals surface area contributed by atoms with Gasteiger partial charge >= 0.3 is 0 Å². The zero-order chi connectivity index (χ0) is 19.8. The summed E-state index contributed by atoms with van der Waals surface area (Å²) >= 11 is 1.23. The quantitative estimate of drug-likeness (QED) is 0.522. The number of aryl methyl sites for hydroxylation is 1. The third kappa shape index (κ3) is 6.02. The van der Waals surface area contributed by atoms with Gasteiger partial charge in [0.25, 0.3) is 5.56 Å². The predicted molar refractivity (Wildman–Crippen MR) is 106 cm³/mol. The molecule has 0 saturated heterocycles. The van der Waals surface area contributed by atoms with Crippen LogP contribution in [-0.4, -0.2) is 47.8 Å². The van der Waals surface area contributed by atoms with Gasteiger partial charge in [-0.1, -0.05) is 31.2 Å². The van der Waals surface area contributed by atoms with Gasteiger partial charge in [-0.2, -0.15) is 0 Å². The Bertz CT molecular complexity index is 838. The number of aromatic nitrogens is 2. The van der Waals surface area contributed by atoms with Crippen molar-refractivity contribution in [2.24, 2.45) is 0 Å². The molecule has 1 N–H and O–H groups in total. The summed E-state index contributed by atoms with van der Waals surface area (Å²) in [6, 6.07) is 7.06. The molecule has 0 unspecified atom stereocenters. The van der Waals surface area contributed by atoms with Crippen molar-refractivity contribution in [2.75, 3.05) is 27.0 Å². The monoisotopic (exact) mass is 391 g/mol. The van der Waals surface area contributed by atoms with Gasteiger partial charge < -0.3 is 19.4 Å². The number of nitrogens with zero attached hydrogens (tertiary/aromatic N) is 2. The Labute approximate surface area is 163 Å². The van der Waals surface area contributed by atoms with Crippen molar-refractivity contribution in [3.8, 4) is 11.5 Å². The first-order valence-corrected chi connectivity index (χ1v) is 9.63. The van der Waals surface area contributed by atoms with Crippen LogP contribution in [-0.2, 0) is 17.8 Å². The van der Waals surface area contributed by atoms with E-state index in [1.54, 1.807) is 26.2 Å². The number of rotatable bonds is 9. The summed E-state index contributed by atoms with van der Waals surface area (Å²) in [5.41, 5.74) is 1.49. The molecule has 8 heteroatoms. The average molecular weight is 391 g/mol. The number of carbonyl (C=O) groups is 1. The molecule has 0 saturated carbocycles. The molecule has 0 atom stereocenters. The molecule has 0 fully saturated rings. The van der Waals surface area contributed by atoms with E-state index in [4.69, 9.17) is 9.47 Å². The summed E-state index contributed by atoms with van der Waals surface area (Å²) in [4.78, 5) is 32.8. The molecular formula is C19H25N3O4S. The van der Waals surface area contributed by atoms with Crippen LogP contribution >= 0.6 is 11.8 Å². The number of methoxy groups -OCH3 is 2. The van der Waals surface area contributed by atoms with Gasteiger partial charge in [0.1, 0.15) is 0 Å². The van der Waals surface area contributed by atoms with Gasteiger partial charge in [0.2, 0.25) is 5.91 Å². The van der Waals surface area contributed by atoms with Crippen LogP contribution < -0.4 is 15.0 Å². The van der Waals surface area contributed by atoms with Crippen molar-refractivity contribution in [1.82, 2.24) is 14.9 Å². The Morgan fingerprint density at radius 2 is 1.96 bits per heavy atom. The molecule has 0 spiro atoms. The fourth-order valence-electron chi connectivity index (χ4n) is 2.52. The minimum Gasteiger partial charge on any atom is -0.493 e. The largest absolute Gasteiger partial charge is 0.493 e. The highest BCUT2D eigenvalue weighted by atomic mass is 32.2. The first-order chi connectivity index (χ1) is 13.0. The van der Waals surface area contributed by atoms with Crippen LogP contribution in [0.2, 0.25) is 0 Å². The Kier molecular flexibility index (Phi) is 7.72. The summed E-state index contributed by atoms with van der Waals surface area (Å²) in [7, 11) is 4.90. The van der Waals surface area contributed by atoms with E-state index < -0.39 is 0 Å². The summed E-state index contributed by atoms with van der Waals surface area (Å²) in [5.74, 6) is 1.41. The van der Waals surface area contributed by atoms with Gasteiger partial charge in [0.15, 0.2) is 16.7 Å². The lowest BCUT2D eigenvalue weighted by atomic mass is 10.2. The van der Waals surface area contributed by atoms with E-state index >= 15 is 0 Å². The Morgan fingerprint density at radius 1 is 1.22 bits per heavy atom. The van der Waals surface area contributed by atoms with E-state index in [2.05, 4.69) is 9.97 Å². The van der Waals surface area contributed by atoms with Crippen LogP contribution in [0.1, 0.15) is 24.6 Å². The molecule has 0 bridgehead atoms. The van der Waals surface area contributed by atoms with Crippen molar-refractivity contribution in [1.29, 1.82) is 0 Å². The van der Waals surface area contributed by atoms with Gasteiger partial charge in [0, 0.05) is 25.4 Å². The molecule has 1 aromatic carbocycles. The number of hydrogen-bond donors (Lipinski definition) is 1. The smallest absolute Gasteiger partial charge is 0.251 e. The lowest BCUT2D eigenvalue weighted by Crippen LogP contribution is -2.28. The molecule has 146 valence electrons. The zero-order valence-corrected chi connectivity index (χ0v) is 16.9. The van der Waals surface area contributed by atoms with Crippen LogP contribution in [0, 0.1) is 0 Å². The highest BCUT2D eigenvalue weighted by Gasteiger charge is 2.13. The van der Waals surface area contributed by atoms with Gasteiger partial charge in [-0.05, 0) is 24.1 Å². The second-order valence-corrected chi connectivity index (χ2v) is 6.98. The third-order valence-corrected chi connectivity index (χ3v) is 4.76. The standard InChI is InChI=1S/C19H25N3O4S/c1-5-6-14-10-17(23)21-19(20-14)27-12-18(24)22(2)11-13-7-8-15(25-3)16(9-13)26-4/h7-10H,5-6,11-12H2,1-4H3,(H,20,21,23). The van der Waals surface area contributed by atoms with Crippen LogP contribution in [0.25, 0.3) is 0 Å². The van der Waals surface area contributed by atoms with Crippen LogP contribution in [0.15, 0.2) is 34.2 Å². The van der Waals surface area contributed by atoms with Crippen molar-refractivity contribution >= 4 is 17.7 Å². The van der Waals surface area contributed by atoms with Crippen molar-refractivity contribution in [2.45, 2.75) is 31.5 Å². The first-order valence-electron chi connectivity index (χ1n) is 8.64. The zero-order valence-electron chi connectivity index (χ0n) is 16.1. The predicted octanol–water partition coefficient (Wildman–Crippen LogP) is 2.49. The van der Waals surface area contributed by atoms with E-state index in [9.17, 15) is 9.59 Å². The average Bonchev–Trinajstić information content (AvgIpc) is 2.65. The Balaban J connectivity index is 1.97. The highest BCUT2D eigenvalue weighted by molar-refractivity contribution is 7.99. The molecule has 2 rings (SSSR count). The third-order valence-electron chi connectivity index (χ3n) is 3.90. The molecule has 7 nitrogen and oxygen atoms in total. The normalized spacial score (nSPS) is 10.5. The Hall–Kier alpha value is -2.48. The SMILES string of the molecule is CCCc1cc(=O)[nH]c(SCC(=O)N(C)Cc2ccc(OC)c(OC)c2)n1. The van der Waals surface area contributed by atoms with E-state index in [0.717, 1.165) is 24.1 Å². The number of amides is 1. The fourth-order valence-corrected chi connectivity index (χ4v) is 3.35. The minimum absolute atomic E-state index is 0.0571. The topological polar surface area (TPSA) is 84.5 Å². The van der Waals surface area contributed by atoms with E-state index in [0.29, 0.717) is 23.2 Å². The number of carbonyl (C=O) groups excluding carboxylic acids is 1. The number of aromatic amines is 1. The van der Waals surface area contributed by atoms with Crippen molar-refractivity contribution in [3.05, 3.63) is 45.9 Å². The minimum atomic E-state index is -0.193. The highest BCUT2D eigenvalue weighted by Crippen LogP contribution is 2.28. The van der Waals surface area contributed by atoms with Gasteiger partial charge in [-0.25, -0.2) is 4.98 Å². The molecule has 27 heavy (non-hydrogen) atoms. The van der Waals surface area contributed by atoms with Gasteiger partial charge in [-0.15, -0.1) is 0 Å². The molecule has 1 amide bonds. The molecule has 0 aliphatic carbocycles. The van der Waals surface area contributed by atoms with E-state index in [1.807, 2.05) is 25.1 Å². The summed E-state index contributed by atoms with van der Waals surface area (Å²) in [6.07, 6.45) is 1.65. The lowest BCUT2D eigenvalue weighted by molar-refractivity contribution is -0.127. The molecule has 1 heterocycles. The van der Waals surface area contributed by atoms with Gasteiger partial charge in [-0.3, -0.25) is 9.59 Å². The molecule has 2 aromatic rings. The van der Waals surface area contributed by atoms with Crippen molar-refractivity contribution < 1.29 is 14.3 Å². The van der Waals surface area contributed by atoms with E-state index in [-0.39, 0.29) is 17.2 Å². The maximum atomic E-state index is 12.4. The number of H-pyrrole nitrogens is 1. The van der Waals surface area contributed by atoms with Gasteiger partial charge in [0.05, 0.1) is 20.0 Å². The number of nitrogens with one attached hydrogen (secondary N) is 1. The second kappa shape index (κ2) is 10.0. The molecule has 0 aliphatic rings. The summed E-state index contributed by atoms with van der Waals surface area (Å²) in [5, 5.41) is 0.471. The van der Waals surface area contributed by atoms with Crippen LogP contribution in [0.5, 0.6) is 11.5 Å². The van der Waals surface area contributed by atoms with Crippen LogP contribution in [0.4, 0.5) is 0 Å². The lowest BCUT2D eigenvalue weighted by Gasteiger charge is -2.18. The molecule has 1 aromatic heterocycles.